The quantitative estimate of drug-likeness (QED) is 0.301. The Morgan fingerprint density at radius 1 is 1.22 bits per heavy atom. The van der Waals surface area contributed by atoms with E-state index in [-0.39, 0.29) is 24.9 Å². The van der Waals surface area contributed by atoms with Crippen molar-refractivity contribution in [3.63, 3.8) is 0 Å². The molecular weight excluding hydrogens is 527 g/mol. The molecule has 10 heteroatoms. The zero-order valence-electron chi connectivity index (χ0n) is 22.6. The fourth-order valence-electron chi connectivity index (χ4n) is 4.86. The largest absolute Gasteiger partial charge is 0.489 e. The highest BCUT2D eigenvalue weighted by Gasteiger charge is 2.45. The van der Waals surface area contributed by atoms with E-state index in [1.807, 2.05) is 6.07 Å². The van der Waals surface area contributed by atoms with E-state index in [4.69, 9.17) is 15.2 Å². The number of pyridine rings is 2. The average molecular weight is 557 g/mol. The van der Waals surface area contributed by atoms with E-state index in [2.05, 4.69) is 15.3 Å². The Labute approximate surface area is 235 Å². The number of aromatic nitrogens is 2. The first kappa shape index (κ1) is 26.6. The van der Waals surface area contributed by atoms with Crippen molar-refractivity contribution < 1.29 is 28.6 Å². The van der Waals surface area contributed by atoms with Crippen molar-refractivity contribution in [3.05, 3.63) is 83.4 Å². The number of nitrogens with one attached hydrogen (secondary N) is 1. The van der Waals surface area contributed by atoms with Gasteiger partial charge in [-0.15, -0.1) is 0 Å². The Balaban J connectivity index is 1.32. The van der Waals surface area contributed by atoms with E-state index in [0.717, 1.165) is 18.2 Å². The fraction of sp³-hybridized carbons (Fsp3) is 0.290. The molecule has 0 radical (unpaired) electrons. The molecule has 210 valence electrons. The first-order valence-electron chi connectivity index (χ1n) is 13.4. The summed E-state index contributed by atoms with van der Waals surface area (Å²) in [7, 11) is 0. The molecule has 1 fully saturated rings. The predicted octanol–water partition coefficient (Wildman–Crippen LogP) is 3.75. The summed E-state index contributed by atoms with van der Waals surface area (Å²) in [5.74, 6) is -0.551. The van der Waals surface area contributed by atoms with Crippen LogP contribution in [0.3, 0.4) is 0 Å². The van der Waals surface area contributed by atoms with Crippen LogP contribution < -0.4 is 20.5 Å². The Morgan fingerprint density at radius 2 is 1.98 bits per heavy atom. The van der Waals surface area contributed by atoms with Gasteiger partial charge in [0.25, 0.3) is 5.91 Å². The molecule has 0 unspecified atom stereocenters. The number of rotatable bonds is 8. The maximum absolute atomic E-state index is 13.7. The van der Waals surface area contributed by atoms with Crippen LogP contribution in [0.1, 0.15) is 48.3 Å². The van der Waals surface area contributed by atoms with Crippen LogP contribution in [-0.2, 0) is 15.8 Å². The second-order valence-electron chi connectivity index (χ2n) is 11.0. The van der Waals surface area contributed by atoms with Crippen LogP contribution in [0, 0.1) is 5.82 Å². The predicted molar refractivity (Wildman–Crippen MR) is 149 cm³/mol. The minimum absolute atomic E-state index is 0.00203. The number of primary amides is 1. The number of fused-ring (bicyclic) bond motifs is 2. The van der Waals surface area contributed by atoms with Crippen molar-refractivity contribution in [3.8, 4) is 22.8 Å². The molecule has 0 saturated heterocycles. The van der Waals surface area contributed by atoms with Crippen molar-refractivity contribution in [2.45, 2.75) is 43.8 Å². The normalized spacial score (nSPS) is 19.2. The van der Waals surface area contributed by atoms with Crippen LogP contribution in [0.25, 0.3) is 22.2 Å². The average Bonchev–Trinajstić information content (AvgIpc) is 3.71. The molecule has 2 aromatic heterocycles. The van der Waals surface area contributed by atoms with E-state index in [1.54, 1.807) is 37.4 Å². The summed E-state index contributed by atoms with van der Waals surface area (Å²) >= 11 is 0. The highest BCUT2D eigenvalue weighted by molar-refractivity contribution is 6.00. The molecule has 1 aliphatic heterocycles. The third kappa shape index (κ3) is 4.95. The molecule has 0 bridgehead atoms. The van der Waals surface area contributed by atoms with Crippen LogP contribution in [0.15, 0.2) is 60.8 Å². The number of ether oxygens (including phenoxy) is 2. The molecule has 2 amide bonds. The highest BCUT2D eigenvalue weighted by atomic mass is 19.1. The molecule has 2 aliphatic rings. The summed E-state index contributed by atoms with van der Waals surface area (Å²) in [6, 6.07) is 14.3. The lowest BCUT2D eigenvalue weighted by Gasteiger charge is -2.26. The van der Waals surface area contributed by atoms with E-state index < -0.39 is 28.6 Å². The van der Waals surface area contributed by atoms with Gasteiger partial charge in [-0.3, -0.25) is 14.6 Å². The minimum atomic E-state index is -1.66. The molecule has 3 heterocycles. The maximum atomic E-state index is 13.7. The van der Waals surface area contributed by atoms with Gasteiger partial charge < -0.3 is 25.6 Å². The van der Waals surface area contributed by atoms with Crippen LogP contribution in [0.5, 0.6) is 11.5 Å². The number of aliphatic hydroxyl groups is 1. The Hall–Kier alpha value is -4.57. The van der Waals surface area contributed by atoms with E-state index in [9.17, 15) is 19.1 Å². The molecule has 6 rings (SSSR count). The first-order chi connectivity index (χ1) is 19.5. The summed E-state index contributed by atoms with van der Waals surface area (Å²) in [6.45, 7) is 2.97. The number of amides is 2. The topological polar surface area (TPSA) is 137 Å². The summed E-state index contributed by atoms with van der Waals surface area (Å²) in [4.78, 5) is 34.8. The van der Waals surface area contributed by atoms with Crippen molar-refractivity contribution >= 4 is 22.7 Å². The number of carbonyl (C=O) groups excluding carboxylic acids is 2. The maximum Gasteiger partial charge on any atom is 0.251 e. The third-order valence-electron chi connectivity index (χ3n) is 7.63. The first-order valence-corrected chi connectivity index (χ1v) is 13.4. The van der Waals surface area contributed by atoms with Gasteiger partial charge >= 0.3 is 0 Å². The molecule has 2 aromatic carbocycles. The minimum Gasteiger partial charge on any atom is -0.489 e. The molecule has 41 heavy (non-hydrogen) atoms. The Bertz CT molecular complexity index is 1690. The van der Waals surface area contributed by atoms with Crippen molar-refractivity contribution in [2.24, 2.45) is 5.73 Å². The monoisotopic (exact) mass is 556 g/mol. The second kappa shape index (κ2) is 9.81. The lowest BCUT2D eigenvalue weighted by molar-refractivity contribution is -0.123. The number of carbonyl (C=O) groups is 2. The fourth-order valence-corrected chi connectivity index (χ4v) is 4.86. The Kier molecular flexibility index (Phi) is 6.37. The lowest BCUT2D eigenvalue weighted by atomic mass is 9.82. The van der Waals surface area contributed by atoms with Gasteiger partial charge in [-0.25, -0.2) is 9.37 Å². The van der Waals surface area contributed by atoms with Gasteiger partial charge in [-0.1, -0.05) is 6.07 Å². The lowest BCUT2D eigenvalue weighted by Crippen LogP contribution is -2.41. The van der Waals surface area contributed by atoms with Gasteiger partial charge in [0.2, 0.25) is 5.91 Å². The van der Waals surface area contributed by atoms with Crippen molar-refractivity contribution in [1.29, 1.82) is 0 Å². The van der Waals surface area contributed by atoms with Crippen LogP contribution in [0.4, 0.5) is 4.39 Å². The van der Waals surface area contributed by atoms with Crippen molar-refractivity contribution in [2.75, 3.05) is 13.2 Å². The summed E-state index contributed by atoms with van der Waals surface area (Å²) < 4.78 is 25.5. The summed E-state index contributed by atoms with van der Waals surface area (Å²) in [5.41, 5.74) is 5.47. The third-order valence-corrected chi connectivity index (χ3v) is 7.63. The molecule has 1 saturated carbocycles. The highest BCUT2D eigenvalue weighted by Crippen LogP contribution is 2.45. The Morgan fingerprint density at radius 3 is 2.68 bits per heavy atom. The zero-order chi connectivity index (χ0) is 28.9. The van der Waals surface area contributed by atoms with Crippen LogP contribution in [0.2, 0.25) is 0 Å². The van der Waals surface area contributed by atoms with Gasteiger partial charge in [0.15, 0.2) is 0 Å². The zero-order valence-corrected chi connectivity index (χ0v) is 22.6. The molecular formula is C31H29FN4O5. The number of benzene rings is 2. The van der Waals surface area contributed by atoms with Crippen molar-refractivity contribution in [1.82, 2.24) is 15.3 Å². The van der Waals surface area contributed by atoms with Crippen LogP contribution in [-0.4, -0.2) is 46.1 Å². The molecule has 4 aromatic rings. The SMILES string of the molecule is C[C@](O)(CNC(=O)c1cc(OC2CC2)c2ncccc2c1)c1cc2c(c(-c3ccc(F)cc3)n1)OC[C@]2(C)C(N)=O. The van der Waals surface area contributed by atoms with E-state index in [1.165, 1.54) is 31.2 Å². The smallest absolute Gasteiger partial charge is 0.251 e. The number of hydrogen-bond donors (Lipinski definition) is 3. The summed E-state index contributed by atoms with van der Waals surface area (Å²) in [5, 5.41) is 15.1. The number of hydrogen-bond acceptors (Lipinski definition) is 7. The standard InChI is InChI=1S/C31H29FN4O5/c1-30(29(33)38)16-40-27-22(30)14-24(36-26(27)17-5-7-20(32)8-6-17)31(2,39)15-35-28(37)19-12-18-4-3-11-34-25(18)23(13-19)41-21-9-10-21/h3-8,11-14,21,39H,9-10,15-16H2,1-2H3,(H2,33,38)(H,35,37)/t30-,31-/m0/s1. The molecule has 2 atom stereocenters. The van der Waals surface area contributed by atoms with Gasteiger partial charge in [-0.05, 0) is 75.2 Å². The summed E-state index contributed by atoms with van der Waals surface area (Å²) in [6.07, 6.45) is 3.72. The molecule has 9 nitrogen and oxygen atoms in total. The van der Waals surface area contributed by atoms with E-state index in [0.29, 0.717) is 39.4 Å². The van der Waals surface area contributed by atoms with Gasteiger partial charge in [0.05, 0.1) is 18.3 Å². The van der Waals surface area contributed by atoms with Gasteiger partial charge in [0, 0.05) is 28.3 Å². The molecule has 1 aliphatic carbocycles. The van der Waals surface area contributed by atoms with Gasteiger partial charge in [-0.2, -0.15) is 0 Å². The van der Waals surface area contributed by atoms with Crippen LogP contribution >= 0.6 is 0 Å². The van der Waals surface area contributed by atoms with Gasteiger partial charge in [0.1, 0.15) is 46.1 Å². The number of nitrogens with two attached hydrogens (primary N) is 1. The number of halogens is 1. The molecule has 0 spiro atoms. The number of nitrogens with zero attached hydrogens (tertiary/aromatic N) is 2. The second-order valence-corrected chi connectivity index (χ2v) is 11.0. The van der Waals surface area contributed by atoms with E-state index >= 15 is 0 Å². The molecule has 4 N–H and O–H groups in total.